The van der Waals surface area contributed by atoms with Crippen LogP contribution in [0.15, 0.2) is 36.4 Å². The Morgan fingerprint density at radius 1 is 1.37 bits per heavy atom. The van der Waals surface area contributed by atoms with Crippen molar-refractivity contribution in [2.24, 2.45) is 0 Å². The van der Waals surface area contributed by atoms with Crippen molar-refractivity contribution in [3.8, 4) is 0 Å². The van der Waals surface area contributed by atoms with Crippen molar-refractivity contribution in [3.05, 3.63) is 47.5 Å². The summed E-state index contributed by atoms with van der Waals surface area (Å²) in [6.45, 7) is 0.259. The number of carbonyl (C=O) groups excluding carboxylic acids is 2. The highest BCUT2D eigenvalue weighted by Gasteiger charge is 2.29. The molecule has 0 spiro atoms. The summed E-state index contributed by atoms with van der Waals surface area (Å²) in [6, 6.07) is 9.00. The van der Waals surface area contributed by atoms with Crippen LogP contribution in [0.3, 0.4) is 0 Å². The maximum absolute atomic E-state index is 12.5. The fourth-order valence-electron chi connectivity index (χ4n) is 2.88. The normalized spacial score (nSPS) is 16.1. The van der Waals surface area contributed by atoms with Crippen LogP contribution in [-0.4, -0.2) is 45.9 Å². The van der Waals surface area contributed by atoms with E-state index in [-0.39, 0.29) is 24.8 Å². The monoisotopic (exact) mass is 369 g/mol. The Hall–Kier alpha value is -3.62. The minimum atomic E-state index is -1.07. The van der Waals surface area contributed by atoms with Crippen molar-refractivity contribution >= 4 is 35.1 Å². The van der Waals surface area contributed by atoms with Gasteiger partial charge in [-0.2, -0.15) is 0 Å². The van der Waals surface area contributed by atoms with E-state index in [4.69, 9.17) is 10.8 Å². The van der Waals surface area contributed by atoms with Crippen molar-refractivity contribution in [2.75, 3.05) is 23.4 Å². The molecule has 9 nitrogen and oxygen atoms in total. The van der Waals surface area contributed by atoms with Crippen LogP contribution in [0, 0.1) is 0 Å². The number of aromatic nitrogens is 1. The fraction of sp³-hybridized carbons (Fsp3) is 0.222. The lowest BCUT2D eigenvalue weighted by molar-refractivity contribution is -0.141. The molecular weight excluding hydrogens is 350 g/mol. The highest BCUT2D eigenvalue weighted by molar-refractivity contribution is 6.04. The Morgan fingerprint density at radius 2 is 2.15 bits per heavy atom. The van der Waals surface area contributed by atoms with Gasteiger partial charge in [-0.1, -0.05) is 6.07 Å². The molecule has 1 aliphatic heterocycles. The number of likely N-dealkylation sites (N-methyl/N-ethyl adjacent to an activating group) is 1. The van der Waals surface area contributed by atoms with E-state index in [0.717, 1.165) is 0 Å². The molecule has 3 rings (SSSR count). The summed E-state index contributed by atoms with van der Waals surface area (Å²) in [5, 5.41) is 14.6. The molecule has 140 valence electrons. The maximum atomic E-state index is 12.5. The van der Waals surface area contributed by atoms with E-state index in [1.54, 1.807) is 43.4 Å². The first-order valence-corrected chi connectivity index (χ1v) is 8.23. The number of carboxylic acid groups (broad SMARTS) is 1. The van der Waals surface area contributed by atoms with Gasteiger partial charge in [0, 0.05) is 24.8 Å². The summed E-state index contributed by atoms with van der Waals surface area (Å²) in [5.74, 6) is -1.12. The lowest BCUT2D eigenvalue weighted by atomic mass is 10.1. The molecule has 0 aliphatic carbocycles. The lowest BCUT2D eigenvalue weighted by Gasteiger charge is -2.19. The summed E-state index contributed by atoms with van der Waals surface area (Å²) in [7, 11) is 1.59. The van der Waals surface area contributed by atoms with Gasteiger partial charge in [0.05, 0.1) is 6.42 Å². The predicted octanol–water partition coefficient (Wildman–Crippen LogP) is 1.14. The quantitative estimate of drug-likeness (QED) is 0.634. The first kappa shape index (κ1) is 18.2. The Labute approximate surface area is 155 Å². The van der Waals surface area contributed by atoms with Crippen LogP contribution < -0.4 is 16.4 Å². The number of nitrogens with one attached hydrogen (secondary N) is 2. The van der Waals surface area contributed by atoms with E-state index >= 15 is 0 Å². The first-order chi connectivity index (χ1) is 12.8. The second kappa shape index (κ2) is 7.32. The van der Waals surface area contributed by atoms with Gasteiger partial charge < -0.3 is 26.4 Å². The average Bonchev–Trinajstić information content (AvgIpc) is 2.71. The second-order valence-corrected chi connectivity index (χ2v) is 6.26. The van der Waals surface area contributed by atoms with Gasteiger partial charge in [0.25, 0.3) is 5.91 Å². The summed E-state index contributed by atoms with van der Waals surface area (Å²) in [6.07, 6.45) is -0.327. The summed E-state index contributed by atoms with van der Waals surface area (Å²) in [4.78, 5) is 41.3. The van der Waals surface area contributed by atoms with Crippen LogP contribution in [0.2, 0.25) is 0 Å². The molecular formula is C18H19N5O4. The zero-order valence-corrected chi connectivity index (χ0v) is 14.6. The molecule has 0 fully saturated rings. The Bertz CT molecular complexity index is 914. The van der Waals surface area contributed by atoms with Crippen LogP contribution in [0.1, 0.15) is 22.3 Å². The highest BCUT2D eigenvalue weighted by Crippen LogP contribution is 2.25. The Balaban J connectivity index is 1.84. The predicted molar refractivity (Wildman–Crippen MR) is 99.2 cm³/mol. The van der Waals surface area contributed by atoms with Gasteiger partial charge in [-0.15, -0.1) is 0 Å². The molecule has 9 heteroatoms. The lowest BCUT2D eigenvalue weighted by Crippen LogP contribution is -2.39. The van der Waals surface area contributed by atoms with E-state index in [1.807, 2.05) is 0 Å². The molecule has 2 heterocycles. The van der Waals surface area contributed by atoms with E-state index in [2.05, 4.69) is 15.6 Å². The number of nitrogen functional groups attached to an aromatic ring is 1. The van der Waals surface area contributed by atoms with Crippen molar-refractivity contribution in [2.45, 2.75) is 19.0 Å². The Kier molecular flexibility index (Phi) is 4.93. The third-order valence-electron chi connectivity index (χ3n) is 4.17. The van der Waals surface area contributed by atoms with Gasteiger partial charge in [0.1, 0.15) is 17.7 Å². The van der Waals surface area contributed by atoms with Crippen molar-refractivity contribution in [1.82, 2.24) is 9.88 Å². The second-order valence-electron chi connectivity index (χ2n) is 6.26. The van der Waals surface area contributed by atoms with Gasteiger partial charge in [0.15, 0.2) is 0 Å². The smallest absolute Gasteiger partial charge is 0.305 e. The average molecular weight is 369 g/mol. The molecule has 0 radical (unpaired) electrons. The zero-order chi connectivity index (χ0) is 19.6. The SMILES string of the molecule is CN1Cc2cc(C(=O)Nc3cccc(N)n3)ccc2N[C@H](CC(=O)O)C1=O. The fourth-order valence-corrected chi connectivity index (χ4v) is 2.88. The van der Waals surface area contributed by atoms with Gasteiger partial charge in [-0.3, -0.25) is 14.4 Å². The number of nitrogens with zero attached hydrogens (tertiary/aromatic N) is 2. The number of benzene rings is 1. The standard InChI is InChI=1S/C18H19N5O4/c1-23-9-11-7-10(17(26)22-15-4-2-3-14(19)21-15)5-6-12(11)20-13(18(23)27)8-16(24)25/h2-7,13,20H,8-9H2,1H3,(H,24,25)(H3,19,21,22,26)/t13-/m1/s1. The van der Waals surface area contributed by atoms with Crippen molar-refractivity contribution in [1.29, 1.82) is 0 Å². The summed E-state index contributed by atoms with van der Waals surface area (Å²) in [5.41, 5.74) is 7.33. The molecule has 1 aromatic carbocycles. The van der Waals surface area contributed by atoms with Crippen LogP contribution >= 0.6 is 0 Å². The van der Waals surface area contributed by atoms with Crippen LogP contribution in [0.4, 0.5) is 17.3 Å². The van der Waals surface area contributed by atoms with Crippen LogP contribution in [-0.2, 0) is 16.1 Å². The van der Waals surface area contributed by atoms with E-state index in [9.17, 15) is 14.4 Å². The number of aliphatic carboxylic acids is 1. The number of pyridine rings is 1. The summed E-state index contributed by atoms with van der Waals surface area (Å²) >= 11 is 0. The van der Waals surface area contributed by atoms with Crippen LogP contribution in [0.5, 0.6) is 0 Å². The highest BCUT2D eigenvalue weighted by atomic mass is 16.4. The number of amides is 2. The number of carbonyl (C=O) groups is 3. The minimum absolute atomic E-state index is 0.259. The molecule has 2 amide bonds. The third-order valence-corrected chi connectivity index (χ3v) is 4.17. The zero-order valence-electron chi connectivity index (χ0n) is 14.6. The number of fused-ring (bicyclic) bond motifs is 1. The molecule has 0 saturated heterocycles. The van der Waals surface area contributed by atoms with Crippen LogP contribution in [0.25, 0.3) is 0 Å². The topological polar surface area (TPSA) is 138 Å². The maximum Gasteiger partial charge on any atom is 0.305 e. The Morgan fingerprint density at radius 3 is 2.85 bits per heavy atom. The van der Waals surface area contributed by atoms with Crippen molar-refractivity contribution in [3.63, 3.8) is 0 Å². The van der Waals surface area contributed by atoms with E-state index in [0.29, 0.717) is 28.5 Å². The third kappa shape index (κ3) is 4.14. The van der Waals surface area contributed by atoms with E-state index < -0.39 is 12.0 Å². The number of rotatable bonds is 4. The number of carboxylic acids is 1. The molecule has 1 aliphatic rings. The minimum Gasteiger partial charge on any atom is -0.481 e. The van der Waals surface area contributed by atoms with Gasteiger partial charge >= 0.3 is 5.97 Å². The largest absolute Gasteiger partial charge is 0.481 e. The molecule has 2 aromatic rings. The summed E-state index contributed by atoms with van der Waals surface area (Å²) < 4.78 is 0. The van der Waals surface area contributed by atoms with Gasteiger partial charge in [-0.05, 0) is 35.9 Å². The molecule has 1 atom stereocenters. The molecule has 5 N–H and O–H groups in total. The molecule has 0 saturated carbocycles. The van der Waals surface area contributed by atoms with Gasteiger partial charge in [-0.25, -0.2) is 4.98 Å². The first-order valence-electron chi connectivity index (χ1n) is 8.23. The number of hydrogen-bond acceptors (Lipinski definition) is 6. The number of anilines is 3. The van der Waals surface area contributed by atoms with Gasteiger partial charge in [0.2, 0.25) is 5.91 Å². The van der Waals surface area contributed by atoms with Crippen molar-refractivity contribution < 1.29 is 19.5 Å². The molecule has 1 aromatic heterocycles. The molecule has 27 heavy (non-hydrogen) atoms. The molecule has 0 bridgehead atoms. The molecule has 0 unspecified atom stereocenters. The number of nitrogens with two attached hydrogens (primary N) is 1. The van der Waals surface area contributed by atoms with E-state index in [1.165, 1.54) is 4.90 Å². The number of hydrogen-bond donors (Lipinski definition) is 4.